The molecule has 0 atom stereocenters. The predicted molar refractivity (Wildman–Crippen MR) is 82.1 cm³/mol. The average molecular weight is 329 g/mol. The molecule has 0 bridgehead atoms. The van der Waals surface area contributed by atoms with E-state index in [4.69, 9.17) is 0 Å². The zero-order chi connectivity index (χ0) is 12.8. The van der Waals surface area contributed by atoms with E-state index in [1.807, 2.05) is 30.1 Å². The van der Waals surface area contributed by atoms with Crippen molar-refractivity contribution < 1.29 is 0 Å². The number of hydrogen-bond acceptors (Lipinski definition) is 3. The minimum absolute atomic E-state index is 0.744. The number of rotatable bonds is 5. The van der Waals surface area contributed by atoms with E-state index in [1.54, 1.807) is 0 Å². The molecule has 0 aliphatic heterocycles. The molecule has 0 amide bonds. The maximum atomic E-state index is 4.36. The summed E-state index contributed by atoms with van der Waals surface area (Å²) in [5.41, 5.74) is 0. The molecule has 1 aliphatic carbocycles. The average Bonchev–Trinajstić information content (AvgIpc) is 2.39. The Bertz CT molecular complexity index is 365. The molecule has 1 fully saturated rings. The normalized spacial score (nSPS) is 24.1. The van der Waals surface area contributed by atoms with Crippen molar-refractivity contribution >= 4 is 27.7 Å². The first-order valence-corrected chi connectivity index (χ1v) is 8.50. The summed E-state index contributed by atoms with van der Waals surface area (Å²) < 4.78 is 1.10. The van der Waals surface area contributed by atoms with Gasteiger partial charge in [-0.3, -0.25) is 0 Å². The van der Waals surface area contributed by atoms with Crippen molar-refractivity contribution in [2.45, 2.75) is 43.7 Å². The molecule has 100 valence electrons. The van der Waals surface area contributed by atoms with Gasteiger partial charge in [0.15, 0.2) is 0 Å². The van der Waals surface area contributed by atoms with Gasteiger partial charge in [0.1, 0.15) is 5.03 Å². The standard InChI is InChI=1S/C14H21BrN2S/c1-11-4-6-12(7-5-11)16-9-10-18-14-13(15)3-2-8-17-14/h2-3,8,11-12,16H,4-7,9-10H2,1H3. The lowest BCUT2D eigenvalue weighted by molar-refractivity contribution is 0.312. The van der Waals surface area contributed by atoms with E-state index >= 15 is 0 Å². The molecular formula is C14H21BrN2S. The molecule has 1 saturated carbocycles. The van der Waals surface area contributed by atoms with E-state index in [-0.39, 0.29) is 0 Å². The van der Waals surface area contributed by atoms with Crippen LogP contribution in [0.25, 0.3) is 0 Å². The van der Waals surface area contributed by atoms with Crippen molar-refractivity contribution in [1.29, 1.82) is 0 Å². The SMILES string of the molecule is CC1CCC(NCCSc2ncccc2Br)CC1. The van der Waals surface area contributed by atoms with Crippen LogP contribution < -0.4 is 5.32 Å². The summed E-state index contributed by atoms with van der Waals surface area (Å²) in [6.07, 6.45) is 7.31. The van der Waals surface area contributed by atoms with Crippen LogP contribution >= 0.6 is 27.7 Å². The van der Waals surface area contributed by atoms with Gasteiger partial charge in [0, 0.05) is 29.0 Å². The minimum atomic E-state index is 0.744. The number of pyridine rings is 1. The molecule has 1 aromatic heterocycles. The quantitative estimate of drug-likeness (QED) is 0.650. The summed E-state index contributed by atoms with van der Waals surface area (Å²) >= 11 is 5.34. The zero-order valence-corrected chi connectivity index (χ0v) is 13.3. The summed E-state index contributed by atoms with van der Waals surface area (Å²) in [5, 5.41) is 4.76. The van der Waals surface area contributed by atoms with Crippen LogP contribution in [0.15, 0.2) is 27.8 Å². The molecule has 4 heteroatoms. The third kappa shape index (κ3) is 4.56. The highest BCUT2D eigenvalue weighted by atomic mass is 79.9. The van der Waals surface area contributed by atoms with Crippen LogP contribution in [0.2, 0.25) is 0 Å². The monoisotopic (exact) mass is 328 g/mol. The topological polar surface area (TPSA) is 24.9 Å². The maximum Gasteiger partial charge on any atom is 0.110 e. The number of halogens is 1. The highest BCUT2D eigenvalue weighted by molar-refractivity contribution is 9.10. The lowest BCUT2D eigenvalue weighted by Crippen LogP contribution is -2.34. The van der Waals surface area contributed by atoms with Crippen molar-refractivity contribution in [2.24, 2.45) is 5.92 Å². The number of nitrogens with one attached hydrogen (secondary N) is 1. The van der Waals surface area contributed by atoms with Crippen molar-refractivity contribution in [2.75, 3.05) is 12.3 Å². The van der Waals surface area contributed by atoms with E-state index in [0.717, 1.165) is 33.8 Å². The molecule has 2 nitrogen and oxygen atoms in total. The number of thioether (sulfide) groups is 1. The van der Waals surface area contributed by atoms with Gasteiger partial charge in [0.2, 0.25) is 0 Å². The highest BCUT2D eigenvalue weighted by Crippen LogP contribution is 2.25. The van der Waals surface area contributed by atoms with Crippen molar-refractivity contribution in [1.82, 2.24) is 10.3 Å². The van der Waals surface area contributed by atoms with Crippen LogP contribution in [0.4, 0.5) is 0 Å². The number of aromatic nitrogens is 1. The van der Waals surface area contributed by atoms with Crippen molar-refractivity contribution in [3.05, 3.63) is 22.8 Å². The van der Waals surface area contributed by atoms with E-state index in [0.29, 0.717) is 0 Å². The molecule has 0 saturated heterocycles. The molecular weight excluding hydrogens is 308 g/mol. The Balaban J connectivity index is 1.63. The summed E-state index contributed by atoms with van der Waals surface area (Å²) in [5.74, 6) is 2.02. The molecule has 0 unspecified atom stereocenters. The molecule has 1 N–H and O–H groups in total. The lowest BCUT2D eigenvalue weighted by Gasteiger charge is -2.26. The van der Waals surface area contributed by atoms with Gasteiger partial charge in [0.05, 0.1) is 0 Å². The Hall–Kier alpha value is -0.0600. The van der Waals surface area contributed by atoms with Crippen molar-refractivity contribution in [3.8, 4) is 0 Å². The van der Waals surface area contributed by atoms with E-state index < -0.39 is 0 Å². The fourth-order valence-corrected chi connectivity index (χ4v) is 3.71. The van der Waals surface area contributed by atoms with Crippen LogP contribution in [0.5, 0.6) is 0 Å². The Morgan fingerprint density at radius 1 is 1.39 bits per heavy atom. The molecule has 1 aliphatic rings. The van der Waals surface area contributed by atoms with Gasteiger partial charge in [-0.2, -0.15) is 0 Å². The Labute approximate surface area is 122 Å². The van der Waals surface area contributed by atoms with Gasteiger partial charge in [-0.05, 0) is 59.7 Å². The Morgan fingerprint density at radius 2 is 2.17 bits per heavy atom. The smallest absolute Gasteiger partial charge is 0.110 e. The summed E-state index contributed by atoms with van der Waals surface area (Å²) in [6.45, 7) is 3.44. The lowest BCUT2D eigenvalue weighted by atomic mass is 9.87. The third-order valence-electron chi connectivity index (χ3n) is 3.51. The predicted octanol–water partition coefficient (Wildman–Crippen LogP) is 4.10. The van der Waals surface area contributed by atoms with Crippen LogP contribution in [0.1, 0.15) is 32.6 Å². The largest absolute Gasteiger partial charge is 0.313 e. The van der Waals surface area contributed by atoms with E-state index in [9.17, 15) is 0 Å². The molecule has 18 heavy (non-hydrogen) atoms. The minimum Gasteiger partial charge on any atom is -0.313 e. The van der Waals surface area contributed by atoms with Gasteiger partial charge < -0.3 is 5.32 Å². The summed E-state index contributed by atoms with van der Waals surface area (Å²) in [4.78, 5) is 4.36. The Kier molecular flexibility index (Phi) is 5.99. The highest BCUT2D eigenvalue weighted by Gasteiger charge is 2.17. The molecule has 0 aromatic carbocycles. The molecule has 2 rings (SSSR count). The van der Waals surface area contributed by atoms with Crippen LogP contribution in [0, 0.1) is 5.92 Å². The second kappa shape index (κ2) is 7.51. The molecule has 0 spiro atoms. The molecule has 1 aromatic rings. The van der Waals surface area contributed by atoms with Crippen LogP contribution in [-0.4, -0.2) is 23.3 Å². The fourth-order valence-electron chi connectivity index (χ4n) is 2.35. The molecule has 1 heterocycles. The third-order valence-corrected chi connectivity index (χ3v) is 5.42. The molecule has 0 radical (unpaired) electrons. The van der Waals surface area contributed by atoms with Crippen molar-refractivity contribution in [3.63, 3.8) is 0 Å². The van der Waals surface area contributed by atoms with Gasteiger partial charge in [-0.15, -0.1) is 11.8 Å². The summed E-state index contributed by atoms with van der Waals surface area (Å²) in [6, 6.07) is 4.75. The first kappa shape index (κ1) is 14.4. The number of nitrogens with zero attached hydrogens (tertiary/aromatic N) is 1. The summed E-state index contributed by atoms with van der Waals surface area (Å²) in [7, 11) is 0. The fraction of sp³-hybridized carbons (Fsp3) is 0.643. The maximum absolute atomic E-state index is 4.36. The van der Waals surface area contributed by atoms with Gasteiger partial charge in [-0.25, -0.2) is 4.98 Å². The second-order valence-corrected chi connectivity index (χ2v) is 6.99. The van der Waals surface area contributed by atoms with Gasteiger partial charge >= 0.3 is 0 Å². The first-order valence-electron chi connectivity index (χ1n) is 6.72. The number of hydrogen-bond donors (Lipinski definition) is 1. The van der Waals surface area contributed by atoms with E-state index in [1.165, 1.54) is 25.7 Å². The first-order chi connectivity index (χ1) is 8.75. The van der Waals surface area contributed by atoms with Gasteiger partial charge in [0.25, 0.3) is 0 Å². The van der Waals surface area contributed by atoms with Crippen LogP contribution in [0.3, 0.4) is 0 Å². The van der Waals surface area contributed by atoms with Crippen LogP contribution in [-0.2, 0) is 0 Å². The van der Waals surface area contributed by atoms with Gasteiger partial charge in [-0.1, -0.05) is 6.92 Å². The van der Waals surface area contributed by atoms with E-state index in [2.05, 4.69) is 33.2 Å². The second-order valence-electron chi connectivity index (χ2n) is 5.05. The zero-order valence-electron chi connectivity index (χ0n) is 10.9. The Morgan fingerprint density at radius 3 is 2.89 bits per heavy atom.